The molecule has 1 unspecified atom stereocenters. The fourth-order valence-electron chi connectivity index (χ4n) is 3.67. The van der Waals surface area contributed by atoms with E-state index in [1.165, 1.54) is 10.5 Å². The minimum Gasteiger partial charge on any atom is -0.344 e. The minimum atomic E-state index is -0.155. The number of allylic oxidation sites excluding steroid dienone is 1. The Hall–Kier alpha value is -2.36. The van der Waals surface area contributed by atoms with Gasteiger partial charge in [0.2, 0.25) is 5.91 Å². The summed E-state index contributed by atoms with van der Waals surface area (Å²) >= 11 is 3.27. The molecule has 0 aliphatic carbocycles. The number of carbonyl (C=O) groups is 1. The van der Waals surface area contributed by atoms with E-state index in [4.69, 9.17) is 0 Å². The molecule has 2 aliphatic heterocycles. The number of hydrogen-bond acceptors (Lipinski definition) is 5. The molecule has 142 valence electrons. The van der Waals surface area contributed by atoms with Crippen molar-refractivity contribution in [3.05, 3.63) is 70.3 Å². The summed E-state index contributed by atoms with van der Waals surface area (Å²) in [6, 6.07) is 18.9. The van der Waals surface area contributed by atoms with Gasteiger partial charge in [-0.3, -0.25) is 9.69 Å². The highest BCUT2D eigenvalue weighted by molar-refractivity contribution is 8.03. The van der Waals surface area contributed by atoms with E-state index in [0.717, 1.165) is 22.2 Å². The molecule has 0 radical (unpaired) electrons. The Morgan fingerprint density at radius 2 is 2.00 bits per heavy atom. The van der Waals surface area contributed by atoms with Gasteiger partial charge in [-0.1, -0.05) is 36.0 Å². The van der Waals surface area contributed by atoms with E-state index in [1.807, 2.05) is 24.5 Å². The van der Waals surface area contributed by atoms with Gasteiger partial charge >= 0.3 is 0 Å². The van der Waals surface area contributed by atoms with Crippen LogP contribution in [0.4, 0.5) is 5.69 Å². The smallest absolute Gasteiger partial charge is 0.229 e. The van der Waals surface area contributed by atoms with Crippen LogP contribution in [-0.2, 0) is 4.79 Å². The summed E-state index contributed by atoms with van der Waals surface area (Å²) in [4.78, 5) is 18.1. The van der Waals surface area contributed by atoms with Crippen LogP contribution < -0.4 is 4.90 Å². The lowest BCUT2D eigenvalue weighted by molar-refractivity contribution is -0.129. The molecule has 0 N–H and O–H groups in total. The number of hydrogen-bond donors (Lipinski definition) is 0. The summed E-state index contributed by atoms with van der Waals surface area (Å²) in [5.41, 5.74) is 4.05. The maximum Gasteiger partial charge on any atom is 0.229 e. The molecule has 2 aromatic rings. The number of aryl methyl sites for hydroxylation is 1. The van der Waals surface area contributed by atoms with Crippen molar-refractivity contribution in [3.8, 4) is 6.07 Å². The summed E-state index contributed by atoms with van der Waals surface area (Å²) < 4.78 is 0. The van der Waals surface area contributed by atoms with Crippen LogP contribution >= 0.6 is 23.5 Å². The summed E-state index contributed by atoms with van der Waals surface area (Å²) in [6.45, 7) is 2.56. The molecule has 0 aromatic heterocycles. The van der Waals surface area contributed by atoms with Crippen LogP contribution in [0.2, 0.25) is 0 Å². The van der Waals surface area contributed by atoms with E-state index in [9.17, 15) is 10.1 Å². The van der Waals surface area contributed by atoms with Crippen molar-refractivity contribution in [2.45, 2.75) is 24.2 Å². The molecule has 0 bridgehead atoms. The SMILES string of the molecule is CSc1ccc(C2CC(=O)N3CN(c4cccc(C)c4)CSC3=C2C#N)cc1. The molecular formula is C22H21N3OS2. The fourth-order valence-corrected chi connectivity index (χ4v) is 5.25. The largest absolute Gasteiger partial charge is 0.344 e. The number of anilines is 1. The number of nitriles is 1. The van der Waals surface area contributed by atoms with Crippen molar-refractivity contribution >= 4 is 35.1 Å². The highest BCUT2D eigenvalue weighted by Gasteiger charge is 2.38. The van der Waals surface area contributed by atoms with Crippen molar-refractivity contribution in [2.75, 3.05) is 23.7 Å². The fraction of sp³-hybridized carbons (Fsp3) is 0.273. The second-order valence-electron chi connectivity index (χ2n) is 6.98. The summed E-state index contributed by atoms with van der Waals surface area (Å²) in [6.07, 6.45) is 2.38. The third kappa shape index (κ3) is 3.52. The summed E-state index contributed by atoms with van der Waals surface area (Å²) in [5.74, 6) is 0.654. The molecular weight excluding hydrogens is 386 g/mol. The van der Waals surface area contributed by atoms with Crippen molar-refractivity contribution in [1.82, 2.24) is 4.90 Å². The van der Waals surface area contributed by atoms with Crippen molar-refractivity contribution < 1.29 is 4.79 Å². The third-order valence-corrected chi connectivity index (χ3v) is 7.08. The van der Waals surface area contributed by atoms with E-state index in [0.29, 0.717) is 18.7 Å². The van der Waals surface area contributed by atoms with Crippen LogP contribution in [0, 0.1) is 18.3 Å². The molecule has 1 saturated heterocycles. The lowest BCUT2D eigenvalue weighted by atomic mass is 9.86. The van der Waals surface area contributed by atoms with E-state index < -0.39 is 0 Å². The first-order valence-corrected chi connectivity index (χ1v) is 11.3. The van der Waals surface area contributed by atoms with Gasteiger partial charge in [0, 0.05) is 22.9 Å². The predicted octanol–water partition coefficient (Wildman–Crippen LogP) is 4.94. The van der Waals surface area contributed by atoms with Crippen LogP contribution in [0.15, 0.2) is 64.0 Å². The number of thioether (sulfide) groups is 2. The van der Waals surface area contributed by atoms with Crippen LogP contribution in [0.25, 0.3) is 0 Å². The lowest BCUT2D eigenvalue weighted by Gasteiger charge is -2.42. The topological polar surface area (TPSA) is 47.3 Å². The number of nitrogens with zero attached hydrogens (tertiary/aromatic N) is 3. The molecule has 2 aliphatic rings. The number of rotatable bonds is 3. The maximum absolute atomic E-state index is 13.0. The van der Waals surface area contributed by atoms with Crippen LogP contribution in [0.5, 0.6) is 0 Å². The van der Waals surface area contributed by atoms with Gasteiger partial charge in [-0.05, 0) is 48.6 Å². The van der Waals surface area contributed by atoms with Gasteiger partial charge < -0.3 is 4.90 Å². The monoisotopic (exact) mass is 407 g/mol. The lowest BCUT2D eigenvalue weighted by Crippen LogP contribution is -2.47. The van der Waals surface area contributed by atoms with Gasteiger partial charge in [-0.2, -0.15) is 5.26 Å². The molecule has 4 rings (SSSR count). The zero-order valence-electron chi connectivity index (χ0n) is 15.9. The number of fused-ring (bicyclic) bond motifs is 1. The average Bonchev–Trinajstić information content (AvgIpc) is 2.73. The molecule has 2 heterocycles. The van der Waals surface area contributed by atoms with Crippen LogP contribution in [-0.4, -0.2) is 29.6 Å². The quantitative estimate of drug-likeness (QED) is 0.675. The van der Waals surface area contributed by atoms with Crippen molar-refractivity contribution in [1.29, 1.82) is 5.26 Å². The highest BCUT2D eigenvalue weighted by Crippen LogP contribution is 2.43. The van der Waals surface area contributed by atoms with Crippen LogP contribution in [0.1, 0.15) is 23.5 Å². The molecule has 28 heavy (non-hydrogen) atoms. The Bertz CT molecular complexity index is 978. The van der Waals surface area contributed by atoms with E-state index >= 15 is 0 Å². The molecule has 1 atom stereocenters. The van der Waals surface area contributed by atoms with Gasteiger partial charge in [0.05, 0.1) is 29.2 Å². The third-order valence-electron chi connectivity index (χ3n) is 5.18. The van der Waals surface area contributed by atoms with Crippen molar-refractivity contribution in [3.63, 3.8) is 0 Å². The Morgan fingerprint density at radius 1 is 1.21 bits per heavy atom. The van der Waals surface area contributed by atoms with Gasteiger partial charge in [-0.25, -0.2) is 0 Å². The molecule has 0 spiro atoms. The average molecular weight is 408 g/mol. The first kappa shape index (κ1) is 19.0. The second-order valence-corrected chi connectivity index (χ2v) is 8.79. The molecule has 2 aromatic carbocycles. The Morgan fingerprint density at radius 3 is 2.68 bits per heavy atom. The number of amides is 1. The first-order valence-electron chi connectivity index (χ1n) is 9.13. The first-order chi connectivity index (χ1) is 13.6. The standard InChI is InChI=1S/C22H21N3OS2/c1-15-4-3-5-17(10-15)24-13-25-21(26)11-19(20(12-23)22(25)28-14-24)16-6-8-18(27-2)9-7-16/h3-10,19H,11,13-14H2,1-2H3. The molecule has 1 amide bonds. The van der Waals surface area contributed by atoms with Gasteiger partial charge in [0.25, 0.3) is 0 Å². The zero-order valence-corrected chi connectivity index (χ0v) is 17.5. The Kier molecular flexibility index (Phi) is 5.38. The van der Waals surface area contributed by atoms with Crippen LogP contribution in [0.3, 0.4) is 0 Å². The zero-order chi connectivity index (χ0) is 19.7. The van der Waals surface area contributed by atoms with Gasteiger partial charge in [0.1, 0.15) is 0 Å². The van der Waals surface area contributed by atoms with Gasteiger partial charge in [0.15, 0.2) is 0 Å². The Balaban J connectivity index is 1.65. The van der Waals surface area contributed by atoms with E-state index in [-0.39, 0.29) is 11.8 Å². The minimum absolute atomic E-state index is 0.0813. The van der Waals surface area contributed by atoms with E-state index in [1.54, 1.807) is 28.4 Å². The molecule has 1 fully saturated rings. The second kappa shape index (κ2) is 7.94. The Labute approximate surface area is 174 Å². The van der Waals surface area contributed by atoms with Gasteiger partial charge in [-0.15, -0.1) is 11.8 Å². The molecule has 6 heteroatoms. The number of benzene rings is 2. The predicted molar refractivity (Wildman–Crippen MR) is 116 cm³/mol. The molecule has 0 saturated carbocycles. The maximum atomic E-state index is 13.0. The normalized spacial score (nSPS) is 19.5. The van der Waals surface area contributed by atoms with E-state index in [2.05, 4.69) is 48.2 Å². The molecule has 4 nitrogen and oxygen atoms in total. The summed E-state index contributed by atoms with van der Waals surface area (Å²) in [5, 5.41) is 10.7. The highest BCUT2D eigenvalue weighted by atomic mass is 32.2. The summed E-state index contributed by atoms with van der Waals surface area (Å²) in [7, 11) is 0. The van der Waals surface area contributed by atoms with Crippen molar-refractivity contribution in [2.24, 2.45) is 0 Å². The number of carbonyl (C=O) groups excluding carboxylic acids is 1.